The number of halogens is 4. The molecule has 1 aliphatic heterocycles. The van der Waals surface area contributed by atoms with E-state index in [9.17, 15) is 13.6 Å². The molecule has 2 aromatic carbocycles. The molecule has 0 spiro atoms. The van der Waals surface area contributed by atoms with E-state index in [1.54, 1.807) is 17.0 Å². The van der Waals surface area contributed by atoms with Gasteiger partial charge in [0.15, 0.2) is 0 Å². The van der Waals surface area contributed by atoms with Crippen molar-refractivity contribution in [1.29, 1.82) is 0 Å². The van der Waals surface area contributed by atoms with Crippen molar-refractivity contribution in [3.63, 3.8) is 0 Å². The van der Waals surface area contributed by atoms with Crippen molar-refractivity contribution in [3.8, 4) is 0 Å². The van der Waals surface area contributed by atoms with Crippen LogP contribution in [0.5, 0.6) is 0 Å². The first-order chi connectivity index (χ1) is 14.2. The standard InChI is InChI=1S/C22H25Cl2F2N3O/c1-28(2)8-7-27-17-11-18(23)22(19(24)12-17)29-13-14(3-6-21(29)30)9-15-4-5-16(25)10-20(15)26/h4-5,10-12,14,27H,3,6-9,13H2,1-2H3/t14-/m1/s1. The Morgan fingerprint density at radius 2 is 1.87 bits per heavy atom. The van der Waals surface area contributed by atoms with Gasteiger partial charge in [-0.1, -0.05) is 29.3 Å². The van der Waals surface area contributed by atoms with Gasteiger partial charge in [0.2, 0.25) is 5.91 Å². The Bertz CT molecular complexity index is 900. The molecule has 0 aliphatic carbocycles. The van der Waals surface area contributed by atoms with Crippen molar-refractivity contribution in [2.45, 2.75) is 19.3 Å². The number of likely N-dealkylation sites (N-methyl/N-ethyl adjacent to an activating group) is 1. The smallest absolute Gasteiger partial charge is 0.227 e. The lowest BCUT2D eigenvalue weighted by molar-refractivity contribution is -0.120. The molecule has 1 amide bonds. The summed E-state index contributed by atoms with van der Waals surface area (Å²) in [7, 11) is 3.97. The fraction of sp³-hybridized carbons (Fsp3) is 0.409. The predicted octanol–water partition coefficient (Wildman–Crippen LogP) is 5.23. The van der Waals surface area contributed by atoms with Crippen LogP contribution in [0.4, 0.5) is 20.2 Å². The van der Waals surface area contributed by atoms with Crippen molar-refractivity contribution in [2.24, 2.45) is 5.92 Å². The van der Waals surface area contributed by atoms with Gasteiger partial charge in [0.1, 0.15) is 11.6 Å². The van der Waals surface area contributed by atoms with E-state index in [4.69, 9.17) is 23.2 Å². The van der Waals surface area contributed by atoms with Crippen LogP contribution in [0.25, 0.3) is 0 Å². The number of carbonyl (C=O) groups is 1. The van der Waals surface area contributed by atoms with Crippen molar-refractivity contribution >= 4 is 40.5 Å². The van der Waals surface area contributed by atoms with Crippen LogP contribution in [-0.2, 0) is 11.2 Å². The van der Waals surface area contributed by atoms with E-state index >= 15 is 0 Å². The zero-order chi connectivity index (χ0) is 21.8. The SMILES string of the molecule is CN(C)CCNc1cc(Cl)c(N2C[C@@H](Cc3ccc(F)cc3F)CCC2=O)c(Cl)c1. The van der Waals surface area contributed by atoms with Gasteiger partial charge in [-0.2, -0.15) is 0 Å². The maximum Gasteiger partial charge on any atom is 0.227 e. The summed E-state index contributed by atoms with van der Waals surface area (Å²) in [6, 6.07) is 7.11. The summed E-state index contributed by atoms with van der Waals surface area (Å²) in [6.45, 7) is 1.96. The summed E-state index contributed by atoms with van der Waals surface area (Å²) in [5.41, 5.74) is 1.70. The number of carbonyl (C=O) groups excluding carboxylic acids is 1. The monoisotopic (exact) mass is 455 g/mol. The topological polar surface area (TPSA) is 35.6 Å². The molecule has 0 aromatic heterocycles. The fourth-order valence-electron chi connectivity index (χ4n) is 3.64. The highest BCUT2D eigenvalue weighted by Crippen LogP contribution is 2.39. The van der Waals surface area contributed by atoms with E-state index in [1.807, 2.05) is 14.1 Å². The third-order valence-corrected chi connectivity index (χ3v) is 5.78. The molecule has 3 rings (SSSR count). The largest absolute Gasteiger partial charge is 0.384 e. The molecule has 1 fully saturated rings. The molecule has 162 valence electrons. The van der Waals surface area contributed by atoms with Crippen LogP contribution in [0.1, 0.15) is 18.4 Å². The predicted molar refractivity (Wildman–Crippen MR) is 119 cm³/mol. The van der Waals surface area contributed by atoms with Crippen molar-refractivity contribution in [2.75, 3.05) is 43.9 Å². The number of benzene rings is 2. The van der Waals surface area contributed by atoms with E-state index in [0.717, 1.165) is 24.8 Å². The van der Waals surface area contributed by atoms with Crippen LogP contribution in [0.3, 0.4) is 0 Å². The van der Waals surface area contributed by atoms with E-state index < -0.39 is 11.6 Å². The van der Waals surface area contributed by atoms with Crippen molar-refractivity contribution in [3.05, 3.63) is 57.6 Å². The zero-order valence-corrected chi connectivity index (χ0v) is 18.5. The van der Waals surface area contributed by atoms with Gasteiger partial charge in [-0.25, -0.2) is 8.78 Å². The van der Waals surface area contributed by atoms with Gasteiger partial charge in [-0.05, 0) is 56.6 Å². The molecule has 0 bridgehead atoms. The molecule has 1 atom stereocenters. The maximum absolute atomic E-state index is 14.1. The van der Waals surface area contributed by atoms with Crippen molar-refractivity contribution in [1.82, 2.24) is 4.90 Å². The van der Waals surface area contributed by atoms with Crippen LogP contribution < -0.4 is 10.2 Å². The Labute approximate surface area is 185 Å². The highest BCUT2D eigenvalue weighted by molar-refractivity contribution is 6.40. The highest BCUT2D eigenvalue weighted by Gasteiger charge is 2.30. The number of rotatable bonds is 7. The Kier molecular flexibility index (Phi) is 7.55. The number of hydrogen-bond acceptors (Lipinski definition) is 3. The summed E-state index contributed by atoms with van der Waals surface area (Å²) >= 11 is 13.0. The molecule has 4 nitrogen and oxygen atoms in total. The lowest BCUT2D eigenvalue weighted by Gasteiger charge is -2.34. The number of amides is 1. The molecule has 2 aromatic rings. The molecular weight excluding hydrogens is 431 g/mol. The second-order valence-electron chi connectivity index (χ2n) is 7.87. The zero-order valence-electron chi connectivity index (χ0n) is 17.0. The van der Waals surface area contributed by atoms with Crippen LogP contribution in [-0.4, -0.2) is 44.5 Å². The highest BCUT2D eigenvalue weighted by atomic mass is 35.5. The van der Waals surface area contributed by atoms with Crippen LogP contribution in [0, 0.1) is 17.6 Å². The lowest BCUT2D eigenvalue weighted by atomic mass is 9.90. The van der Waals surface area contributed by atoms with Gasteiger partial charge in [0.25, 0.3) is 0 Å². The number of anilines is 2. The molecule has 0 saturated carbocycles. The fourth-order valence-corrected chi connectivity index (χ4v) is 4.34. The minimum Gasteiger partial charge on any atom is -0.384 e. The average Bonchev–Trinajstić information content (AvgIpc) is 2.65. The summed E-state index contributed by atoms with van der Waals surface area (Å²) in [5.74, 6) is -1.21. The average molecular weight is 456 g/mol. The van der Waals surface area contributed by atoms with E-state index in [0.29, 0.717) is 47.1 Å². The normalized spacial score (nSPS) is 17.0. The maximum atomic E-state index is 14.1. The minimum atomic E-state index is -0.602. The molecule has 30 heavy (non-hydrogen) atoms. The molecule has 1 heterocycles. The van der Waals surface area contributed by atoms with Crippen LogP contribution in [0.2, 0.25) is 10.0 Å². The van der Waals surface area contributed by atoms with Gasteiger partial charge >= 0.3 is 0 Å². The molecule has 8 heteroatoms. The third kappa shape index (κ3) is 5.62. The quantitative estimate of drug-likeness (QED) is 0.620. The van der Waals surface area contributed by atoms with Gasteiger partial charge in [0, 0.05) is 37.8 Å². The van der Waals surface area contributed by atoms with E-state index in [1.165, 1.54) is 12.1 Å². The minimum absolute atomic E-state index is 0.0210. The first kappa shape index (κ1) is 22.8. The molecule has 1 aliphatic rings. The summed E-state index contributed by atoms with van der Waals surface area (Å²) < 4.78 is 27.2. The summed E-state index contributed by atoms with van der Waals surface area (Å²) in [5, 5.41) is 4.04. The molecule has 0 radical (unpaired) electrons. The lowest BCUT2D eigenvalue weighted by Crippen LogP contribution is -2.41. The first-order valence-corrected chi connectivity index (χ1v) is 10.6. The van der Waals surface area contributed by atoms with Gasteiger partial charge in [-0.3, -0.25) is 4.79 Å². The summed E-state index contributed by atoms with van der Waals surface area (Å²) in [6.07, 6.45) is 1.36. The number of nitrogens with zero attached hydrogens (tertiary/aromatic N) is 2. The first-order valence-electron chi connectivity index (χ1n) is 9.86. The van der Waals surface area contributed by atoms with Gasteiger partial charge < -0.3 is 15.1 Å². The summed E-state index contributed by atoms with van der Waals surface area (Å²) in [4.78, 5) is 16.2. The number of nitrogens with one attached hydrogen (secondary N) is 1. The Hall–Kier alpha value is -1.89. The molecule has 1 N–H and O–H groups in total. The Balaban J connectivity index is 1.75. The van der Waals surface area contributed by atoms with Crippen molar-refractivity contribution < 1.29 is 13.6 Å². The van der Waals surface area contributed by atoms with E-state index in [-0.39, 0.29) is 11.8 Å². The molecular formula is C22H25Cl2F2N3O. The van der Waals surface area contributed by atoms with Gasteiger partial charge in [0.05, 0.1) is 15.7 Å². The Morgan fingerprint density at radius 3 is 2.50 bits per heavy atom. The number of hydrogen-bond donors (Lipinski definition) is 1. The molecule has 0 unspecified atom stereocenters. The number of piperidine rings is 1. The van der Waals surface area contributed by atoms with Gasteiger partial charge in [-0.15, -0.1) is 0 Å². The Morgan fingerprint density at radius 1 is 1.17 bits per heavy atom. The second kappa shape index (κ2) is 9.94. The second-order valence-corrected chi connectivity index (χ2v) is 8.68. The van der Waals surface area contributed by atoms with Crippen LogP contribution >= 0.6 is 23.2 Å². The van der Waals surface area contributed by atoms with E-state index in [2.05, 4.69) is 10.2 Å². The third-order valence-electron chi connectivity index (χ3n) is 5.21. The van der Waals surface area contributed by atoms with Crippen LogP contribution in [0.15, 0.2) is 30.3 Å². The molecule has 1 saturated heterocycles.